The molecule has 134 valence electrons. The Bertz CT molecular complexity index is 585. The molecule has 1 spiro atoms. The number of fused-ring (bicyclic) bond motifs is 1. The molecular formula is C22H34O2. The van der Waals surface area contributed by atoms with E-state index in [4.69, 9.17) is 4.74 Å². The van der Waals surface area contributed by atoms with Gasteiger partial charge in [-0.05, 0) is 50.2 Å². The number of ketones is 1. The summed E-state index contributed by atoms with van der Waals surface area (Å²) in [5.41, 5.74) is -0.124. The monoisotopic (exact) mass is 330 g/mol. The lowest BCUT2D eigenvalue weighted by Gasteiger charge is -2.53. The van der Waals surface area contributed by atoms with E-state index in [0.29, 0.717) is 12.2 Å². The topological polar surface area (TPSA) is 26.3 Å². The van der Waals surface area contributed by atoms with Gasteiger partial charge in [-0.1, -0.05) is 58.6 Å². The third-order valence-electron chi connectivity index (χ3n) is 7.02. The second kappa shape index (κ2) is 5.83. The van der Waals surface area contributed by atoms with Gasteiger partial charge in [0.25, 0.3) is 0 Å². The highest BCUT2D eigenvalue weighted by atomic mass is 16.5. The minimum Gasteiger partial charge on any atom is -0.354 e. The molecule has 2 aliphatic heterocycles. The highest BCUT2D eigenvalue weighted by molar-refractivity contribution is 5.93. The third-order valence-corrected chi connectivity index (χ3v) is 7.02. The molecule has 0 aromatic heterocycles. The molecule has 2 bridgehead atoms. The maximum atomic E-state index is 13.0. The van der Waals surface area contributed by atoms with Crippen LogP contribution in [0.5, 0.6) is 0 Å². The van der Waals surface area contributed by atoms with Crippen LogP contribution in [-0.4, -0.2) is 17.0 Å². The van der Waals surface area contributed by atoms with E-state index in [1.54, 1.807) is 0 Å². The molecule has 0 unspecified atom stereocenters. The van der Waals surface area contributed by atoms with Gasteiger partial charge in [0, 0.05) is 6.42 Å². The first-order valence-electron chi connectivity index (χ1n) is 9.88. The van der Waals surface area contributed by atoms with E-state index in [1.807, 2.05) is 0 Å². The predicted molar refractivity (Wildman–Crippen MR) is 98.9 cm³/mol. The summed E-state index contributed by atoms with van der Waals surface area (Å²) in [5.74, 6) is 0.368. The number of unbranched alkanes of at least 4 members (excludes halogenated alkanes) is 5. The van der Waals surface area contributed by atoms with Gasteiger partial charge >= 0.3 is 0 Å². The number of hydrogen-bond donors (Lipinski definition) is 0. The summed E-state index contributed by atoms with van der Waals surface area (Å²) >= 11 is 0. The number of rotatable bonds is 6. The van der Waals surface area contributed by atoms with Crippen LogP contribution in [-0.2, 0) is 9.53 Å². The van der Waals surface area contributed by atoms with Crippen LogP contribution in [0.1, 0.15) is 86.0 Å². The summed E-state index contributed by atoms with van der Waals surface area (Å²) in [6.45, 7) is 11.1. The zero-order valence-corrected chi connectivity index (χ0v) is 16.2. The largest absolute Gasteiger partial charge is 0.354 e. The van der Waals surface area contributed by atoms with Crippen molar-refractivity contribution in [2.75, 3.05) is 0 Å². The standard InChI is InChI=1S/C22H34O2/c1-6-7-8-9-10-11-12-17-20(4)15-16-22(24-20)19(2,3)14-13-18(23)21(17,22)5/h12,15-16H,6-11,13-14H2,1-5H3/b17-12-/t20-,21+,22-/m1/s1. The number of hydrogen-bond acceptors (Lipinski definition) is 2. The van der Waals surface area contributed by atoms with E-state index in [-0.39, 0.29) is 5.41 Å². The maximum Gasteiger partial charge on any atom is 0.146 e. The van der Waals surface area contributed by atoms with Crippen molar-refractivity contribution < 1.29 is 9.53 Å². The first-order chi connectivity index (χ1) is 11.2. The maximum absolute atomic E-state index is 13.0. The first-order valence-corrected chi connectivity index (χ1v) is 9.88. The quantitative estimate of drug-likeness (QED) is 0.457. The number of allylic oxidation sites excluding steroid dienone is 1. The van der Waals surface area contributed by atoms with Crippen LogP contribution < -0.4 is 0 Å². The molecule has 3 aliphatic rings. The molecule has 3 atom stereocenters. The van der Waals surface area contributed by atoms with Gasteiger partial charge in [-0.25, -0.2) is 0 Å². The Morgan fingerprint density at radius 3 is 2.50 bits per heavy atom. The summed E-state index contributed by atoms with van der Waals surface area (Å²) in [6.07, 6.45) is 15.8. The molecule has 1 saturated heterocycles. The van der Waals surface area contributed by atoms with Crippen LogP contribution in [0.25, 0.3) is 0 Å². The molecule has 3 rings (SSSR count). The molecule has 0 amide bonds. The SMILES string of the molecule is CCCCCCC/C=C1/[C@@]2(C)C=C[C@@]3(O2)C(C)(C)CCC(=O)[C@]13C. The van der Waals surface area contributed by atoms with Gasteiger partial charge in [-0.2, -0.15) is 0 Å². The van der Waals surface area contributed by atoms with Crippen molar-refractivity contribution in [1.82, 2.24) is 0 Å². The van der Waals surface area contributed by atoms with Gasteiger partial charge in [-0.15, -0.1) is 0 Å². The Hall–Kier alpha value is -0.890. The van der Waals surface area contributed by atoms with Crippen molar-refractivity contribution in [3.05, 3.63) is 23.8 Å². The van der Waals surface area contributed by atoms with Crippen molar-refractivity contribution in [2.45, 2.75) is 97.2 Å². The molecule has 2 heteroatoms. The van der Waals surface area contributed by atoms with E-state index in [9.17, 15) is 4.79 Å². The summed E-state index contributed by atoms with van der Waals surface area (Å²) < 4.78 is 6.65. The summed E-state index contributed by atoms with van der Waals surface area (Å²) in [5, 5.41) is 0. The van der Waals surface area contributed by atoms with Crippen molar-refractivity contribution >= 4 is 5.78 Å². The van der Waals surface area contributed by atoms with Crippen molar-refractivity contribution in [2.24, 2.45) is 10.8 Å². The van der Waals surface area contributed by atoms with Crippen LogP contribution in [0.3, 0.4) is 0 Å². The van der Waals surface area contributed by atoms with Crippen molar-refractivity contribution in [1.29, 1.82) is 0 Å². The minimum absolute atomic E-state index is 0.0133. The molecule has 0 aromatic rings. The van der Waals surface area contributed by atoms with Crippen molar-refractivity contribution in [3.63, 3.8) is 0 Å². The number of Topliss-reactive ketones (excluding diaryl/α,β-unsaturated/α-hetero) is 1. The molecule has 0 aromatic carbocycles. The molecule has 2 heterocycles. The average Bonchev–Trinajstić information content (AvgIpc) is 2.99. The number of carbonyl (C=O) groups excluding carboxylic acids is 1. The molecule has 24 heavy (non-hydrogen) atoms. The second-order valence-corrected chi connectivity index (χ2v) is 9.03. The fourth-order valence-electron chi connectivity index (χ4n) is 5.45. The fourth-order valence-corrected chi connectivity index (χ4v) is 5.45. The first kappa shape index (κ1) is 17.9. The lowest BCUT2D eigenvalue weighted by molar-refractivity contribution is -0.164. The van der Waals surface area contributed by atoms with E-state index < -0.39 is 16.6 Å². The highest BCUT2D eigenvalue weighted by Crippen LogP contribution is 2.69. The lowest BCUT2D eigenvalue weighted by Crippen LogP contribution is -2.60. The predicted octanol–water partition coefficient (Wildman–Crippen LogP) is 5.77. The van der Waals surface area contributed by atoms with E-state index in [2.05, 4.69) is 52.8 Å². The molecule has 0 N–H and O–H groups in total. The Labute approximate surface area is 147 Å². The van der Waals surface area contributed by atoms with Crippen LogP contribution >= 0.6 is 0 Å². The Morgan fingerprint density at radius 1 is 1.08 bits per heavy atom. The van der Waals surface area contributed by atoms with Gasteiger partial charge < -0.3 is 4.74 Å². The molecule has 2 fully saturated rings. The lowest BCUT2D eigenvalue weighted by atomic mass is 9.49. The van der Waals surface area contributed by atoms with E-state index in [1.165, 1.54) is 37.7 Å². The zero-order chi connectivity index (χ0) is 17.6. The molecular weight excluding hydrogens is 296 g/mol. The fraction of sp³-hybridized carbons (Fsp3) is 0.773. The third kappa shape index (κ3) is 2.21. The van der Waals surface area contributed by atoms with E-state index in [0.717, 1.165) is 12.8 Å². The smallest absolute Gasteiger partial charge is 0.146 e. The molecule has 1 aliphatic carbocycles. The number of ether oxygens (including phenoxy) is 1. The molecule has 0 radical (unpaired) electrons. The highest BCUT2D eigenvalue weighted by Gasteiger charge is 2.74. The van der Waals surface area contributed by atoms with Gasteiger partial charge in [0.15, 0.2) is 0 Å². The zero-order valence-electron chi connectivity index (χ0n) is 16.2. The van der Waals surface area contributed by atoms with E-state index >= 15 is 0 Å². The number of carbonyl (C=O) groups is 1. The Balaban J connectivity index is 1.88. The summed E-state index contributed by atoms with van der Waals surface area (Å²) in [4.78, 5) is 13.0. The van der Waals surface area contributed by atoms with Crippen LogP contribution in [0.4, 0.5) is 0 Å². The van der Waals surface area contributed by atoms with Gasteiger partial charge in [0.2, 0.25) is 0 Å². The van der Waals surface area contributed by atoms with Crippen LogP contribution in [0, 0.1) is 10.8 Å². The average molecular weight is 331 g/mol. The Morgan fingerprint density at radius 2 is 1.79 bits per heavy atom. The van der Waals surface area contributed by atoms with Gasteiger partial charge in [0.05, 0.1) is 5.41 Å². The normalized spacial score (nSPS) is 41.2. The van der Waals surface area contributed by atoms with Crippen LogP contribution in [0.15, 0.2) is 23.8 Å². The van der Waals surface area contributed by atoms with Crippen molar-refractivity contribution in [3.8, 4) is 0 Å². The van der Waals surface area contributed by atoms with Gasteiger partial charge in [-0.3, -0.25) is 4.79 Å². The molecule has 1 saturated carbocycles. The van der Waals surface area contributed by atoms with Crippen LogP contribution in [0.2, 0.25) is 0 Å². The summed E-state index contributed by atoms with van der Waals surface area (Å²) in [6, 6.07) is 0. The molecule has 2 nitrogen and oxygen atoms in total. The minimum atomic E-state index is -0.484. The Kier molecular flexibility index (Phi) is 4.35. The summed E-state index contributed by atoms with van der Waals surface area (Å²) in [7, 11) is 0. The second-order valence-electron chi connectivity index (χ2n) is 9.03. The van der Waals surface area contributed by atoms with Gasteiger partial charge in [0.1, 0.15) is 17.0 Å².